The Hall–Kier alpha value is -13.4. The topological polar surface area (TPSA) is 369 Å². The summed E-state index contributed by atoms with van der Waals surface area (Å²) < 4.78 is 32.2. The quantitative estimate of drug-likeness (QED) is 0.0317. The van der Waals surface area contributed by atoms with E-state index < -0.39 is 22.5 Å². The number of aliphatic hydroxyl groups excluding tert-OH is 2. The summed E-state index contributed by atoms with van der Waals surface area (Å²) in [7, 11) is 1.89. The molecule has 22 rings (SSSR count). The van der Waals surface area contributed by atoms with Crippen LogP contribution in [0.1, 0.15) is 104 Å². The number of aryl methyl sites for hydroxylation is 3. The second kappa shape index (κ2) is 41.2. The molecule has 4 aliphatic rings. The number of thiazole rings is 3. The molecule has 0 amide bonds. The molecule has 0 aliphatic carbocycles. The van der Waals surface area contributed by atoms with E-state index in [0.717, 1.165) is 164 Å². The fourth-order valence-electron chi connectivity index (χ4n) is 18.7. The zero-order valence-corrected chi connectivity index (χ0v) is 77.6. The number of nitrogens with one attached hydrogen (secondary N) is 3. The van der Waals surface area contributed by atoms with Gasteiger partial charge in [0, 0.05) is 103 Å². The summed E-state index contributed by atoms with van der Waals surface area (Å²) in [5.74, 6) is 1.41. The molecule has 27 nitrogen and oxygen atoms in total. The second-order valence-electron chi connectivity index (χ2n) is 34.9. The van der Waals surface area contributed by atoms with Crippen molar-refractivity contribution in [2.24, 2.45) is 7.05 Å². The molecule has 4 aliphatic heterocycles. The molecule has 0 atom stereocenters. The van der Waals surface area contributed by atoms with E-state index >= 15 is 0 Å². The molecule has 13 heterocycles. The van der Waals surface area contributed by atoms with E-state index in [1.807, 2.05) is 158 Å². The van der Waals surface area contributed by atoms with Crippen LogP contribution in [0, 0.1) is 6.92 Å². The summed E-state index contributed by atoms with van der Waals surface area (Å²) in [5, 5.41) is 78.5. The van der Waals surface area contributed by atoms with Gasteiger partial charge < -0.3 is 77.1 Å². The van der Waals surface area contributed by atoms with E-state index in [9.17, 15) is 59.7 Å². The highest BCUT2D eigenvalue weighted by molar-refractivity contribution is 7.22. The number of aromatic hydroxyl groups is 5. The molecule has 692 valence electrons. The van der Waals surface area contributed by atoms with Crippen molar-refractivity contribution in [3.63, 3.8) is 0 Å². The molecule has 0 spiro atoms. The van der Waals surface area contributed by atoms with Crippen LogP contribution in [-0.4, -0.2) is 149 Å². The van der Waals surface area contributed by atoms with E-state index in [1.165, 1.54) is 93.7 Å². The van der Waals surface area contributed by atoms with Gasteiger partial charge >= 0.3 is 28.1 Å². The number of imidazole rings is 1. The van der Waals surface area contributed by atoms with Gasteiger partial charge in [-0.3, -0.25) is 9.80 Å². The van der Waals surface area contributed by atoms with Gasteiger partial charge in [0.2, 0.25) is 0 Å². The van der Waals surface area contributed by atoms with E-state index in [1.54, 1.807) is 65.6 Å². The Labute approximate surface area is 786 Å². The molecule has 9 aromatic carbocycles. The number of phenolic OH excluding ortho intramolecular Hbond substituents is 5. The van der Waals surface area contributed by atoms with Crippen molar-refractivity contribution in [3.05, 3.63) is 285 Å². The molecule has 0 unspecified atom stereocenters. The monoisotopic (exact) mass is 1870 g/mol. The number of quaternary nitrogens is 3. The van der Waals surface area contributed by atoms with Crippen molar-refractivity contribution in [2.45, 2.75) is 111 Å². The summed E-state index contributed by atoms with van der Waals surface area (Å²) in [6.45, 7) is 15.8. The summed E-state index contributed by atoms with van der Waals surface area (Å²) >= 11 is 4.34. The lowest BCUT2D eigenvalue weighted by Gasteiger charge is -2.24. The third kappa shape index (κ3) is 20.2. The zero-order valence-electron chi connectivity index (χ0n) is 75.1. The maximum absolute atomic E-state index is 12.8. The average molecular weight is 1880 g/mol. The van der Waals surface area contributed by atoms with E-state index in [4.69, 9.17) is 22.1 Å². The van der Waals surface area contributed by atoms with Gasteiger partial charge in [0.1, 0.15) is 86.0 Å². The first kappa shape index (κ1) is 92.1. The molecule has 0 saturated carbocycles. The predicted octanol–water partition coefficient (Wildman–Crippen LogP) is 14.6. The fraction of sp³-hybridized carbons (Fsp3) is 0.286. The number of phenols is 5. The van der Waals surface area contributed by atoms with Gasteiger partial charge in [-0.2, -0.15) is 0 Å². The van der Waals surface area contributed by atoms with E-state index in [0.29, 0.717) is 127 Å². The summed E-state index contributed by atoms with van der Waals surface area (Å²) in [5.41, 5.74) is 12.3. The minimum Gasteiger partial charge on any atom is -0.507 e. The molecule has 10 N–H and O–H groups in total. The Kier molecular flexibility index (Phi) is 28.1. The molecule has 0 radical (unpaired) electrons. The van der Waals surface area contributed by atoms with Crippen molar-refractivity contribution >= 4 is 120 Å². The van der Waals surface area contributed by atoms with Gasteiger partial charge in [0.05, 0.1) is 128 Å². The van der Waals surface area contributed by atoms with Gasteiger partial charge in [-0.1, -0.05) is 73.7 Å². The first-order valence-corrected chi connectivity index (χ1v) is 48.5. The lowest BCUT2D eigenvalue weighted by atomic mass is 9.96. The minimum atomic E-state index is -0.528. The van der Waals surface area contributed by atoms with Crippen molar-refractivity contribution in [1.82, 2.24) is 34.3 Å². The number of hydrogen-bond donors (Lipinski definition) is 10. The molecular formula is C105H105N10O17S3+3. The third-order valence-corrected chi connectivity index (χ3v) is 28.9. The normalized spacial score (nSPS) is 14.4. The maximum Gasteiger partial charge on any atom is 0.347 e. The van der Waals surface area contributed by atoms with Crippen LogP contribution >= 0.6 is 34.0 Å². The summed E-state index contributed by atoms with van der Waals surface area (Å²) in [6, 6.07) is 57.6. The van der Waals surface area contributed by atoms with Gasteiger partial charge in [0.25, 0.3) is 0 Å². The Morgan fingerprint density at radius 3 is 1.35 bits per heavy atom. The van der Waals surface area contributed by atoms with Gasteiger partial charge in [-0.25, -0.2) is 43.9 Å². The average Bonchev–Trinajstić information content (AvgIpc) is 0.974. The largest absolute Gasteiger partial charge is 0.507 e. The van der Waals surface area contributed by atoms with Gasteiger partial charge in [0.15, 0.2) is 16.7 Å². The number of aromatic nitrogens is 5. The summed E-state index contributed by atoms with van der Waals surface area (Å²) in [4.78, 5) is 89.5. The predicted molar refractivity (Wildman–Crippen MR) is 528 cm³/mol. The first-order valence-electron chi connectivity index (χ1n) is 45.9. The van der Waals surface area contributed by atoms with Crippen molar-refractivity contribution in [2.75, 3.05) is 78.7 Å². The highest BCUT2D eigenvalue weighted by Crippen LogP contribution is 2.40. The number of likely N-dealkylation sites (tertiary alicyclic amines) is 4. The lowest BCUT2D eigenvalue weighted by Crippen LogP contribution is -3.11. The van der Waals surface area contributed by atoms with E-state index in [2.05, 4.69) is 24.8 Å². The van der Waals surface area contributed by atoms with Crippen LogP contribution in [0.25, 0.3) is 141 Å². The van der Waals surface area contributed by atoms with Crippen LogP contribution < -0.4 is 42.8 Å². The van der Waals surface area contributed by atoms with Crippen molar-refractivity contribution < 1.29 is 72.5 Å². The van der Waals surface area contributed by atoms with Crippen LogP contribution in [0.4, 0.5) is 0 Å². The second-order valence-corrected chi connectivity index (χ2v) is 37.8. The SMILES string of the molecule is CCc1cc2c(-c3ccccc3)cc(=O)oc2c(C[NH+]2CCCC2)c1O.Cc1csc(-c2cc3ccc(O)c(C[NH+]4CCCC4)c3oc2=O)n1.Cn1c(-c2cc3ccc(O)c(CN4CCCC4)c3oc2=O)nc2ccccc21.O=c1oc2c(CN(CCO)CCO)c(O)ccc2cc1-c1nc2ccccc2s1.O=c1oc2c(C[NH+]3CCCCC3)c(O)ccc2cc1-c1nc2ccccc2s1. The Morgan fingerprint density at radius 2 is 0.859 bits per heavy atom. The molecular weight excluding hydrogens is 1770 g/mol. The highest BCUT2D eigenvalue weighted by atomic mass is 32.1. The van der Waals surface area contributed by atoms with E-state index in [-0.39, 0.29) is 54.1 Å². The van der Waals surface area contributed by atoms with Gasteiger partial charge in [-0.05, 0) is 190 Å². The standard InChI is InChI=1S/C22H21N3O3.C22H20N2O3S.C22H23NO3.C21H20N2O5S.C18H18N2O3S/c1-24-18-7-3-2-6-17(18)23-21(24)15-12-14-8-9-19(26)16(20(14)28-22(15)27)13-25-10-4-5-11-25;25-18-9-8-14-12-15(21-23-17-6-2-3-7-19(17)28-21)22(26)27-20(14)16(18)13-24-10-4-1-5-11-24;1-2-15-12-18-17(16-8-4-3-5-9-16)13-20(24)26-22(18)19(21(15)25)14-23-10-6-7-11-23;24-9-7-23(8-10-25)12-15-17(26)6-5-13-11-14(21(27)28-19(13)15)20-22-16-3-1-2-4-18(16)29-20;1-11-10-24-17(19-11)13-8-12-4-5-15(21)14(16(12)23-18(13)22)9-20-6-2-3-7-20/h2-3,6-9,12,26H,4-5,10-11,13H2,1H3;2-3,6-9,12,25H,1,4-5,10-11,13H2;3-5,8-9,12-13,25H,2,6-7,10-11,14H2,1H3;1-6,11,24-26H,7-10,12H2;4-5,8,10,21H,2-3,6-7,9H2,1H3/p+3. The first-order chi connectivity index (χ1) is 65.7. The molecule has 30 heteroatoms. The number of fused-ring (bicyclic) bond motifs is 8. The number of rotatable bonds is 20. The molecule has 0 bridgehead atoms. The molecule has 9 aromatic heterocycles. The van der Waals surface area contributed by atoms with Crippen LogP contribution in [0.3, 0.4) is 0 Å². The Morgan fingerprint density at radius 1 is 0.422 bits per heavy atom. The number of aliphatic hydroxyl groups is 2. The molecule has 4 saturated heterocycles. The smallest absolute Gasteiger partial charge is 0.347 e. The maximum atomic E-state index is 12.8. The van der Waals surface area contributed by atoms with Crippen LogP contribution in [-0.2, 0) is 46.2 Å². The number of piperidine rings is 1. The molecule has 4 fully saturated rings. The van der Waals surface area contributed by atoms with Crippen LogP contribution in [0.15, 0.2) is 239 Å². The van der Waals surface area contributed by atoms with Crippen molar-refractivity contribution in [3.8, 4) is 83.0 Å². The molecule has 18 aromatic rings. The van der Waals surface area contributed by atoms with Crippen LogP contribution in [0.5, 0.6) is 28.7 Å². The Bertz CT molecular complexity index is 7650. The lowest BCUT2D eigenvalue weighted by molar-refractivity contribution is -0.918. The summed E-state index contributed by atoms with van der Waals surface area (Å²) in [6.07, 6.45) is 11.6. The van der Waals surface area contributed by atoms with Crippen molar-refractivity contribution in [1.29, 1.82) is 0 Å². The zero-order chi connectivity index (χ0) is 93.5. The number of hydrogen-bond acceptors (Lipinski definition) is 26. The number of nitrogens with zero attached hydrogens (tertiary/aromatic N) is 7. The van der Waals surface area contributed by atoms with Crippen LogP contribution in [0.2, 0.25) is 0 Å². The number of para-hydroxylation sites is 4. The van der Waals surface area contributed by atoms with Gasteiger partial charge in [-0.15, -0.1) is 34.0 Å². The number of benzene rings is 9. The molecule has 135 heavy (non-hydrogen) atoms. The highest BCUT2D eigenvalue weighted by Gasteiger charge is 2.30. The Balaban J connectivity index is 0.000000113. The third-order valence-electron chi connectivity index (χ3n) is 25.8. The fourth-order valence-corrected chi connectivity index (χ4v) is 21.5. The minimum absolute atomic E-state index is 0.00531.